The molecular formula is C11H9F3N2O. The third kappa shape index (κ3) is 2.25. The van der Waals surface area contributed by atoms with Crippen LogP contribution in [0.25, 0.3) is 10.9 Å². The summed E-state index contributed by atoms with van der Waals surface area (Å²) in [7, 11) is 0. The predicted molar refractivity (Wildman–Crippen MR) is 57.0 cm³/mol. The Kier molecular flexibility index (Phi) is 2.57. The largest absolute Gasteiger partial charge is 0.416 e. The van der Waals surface area contributed by atoms with Gasteiger partial charge in [0.1, 0.15) is 0 Å². The first kappa shape index (κ1) is 11.5. The standard InChI is InChI=1S/C11H9F3N2O/c1-7(17)15-16-5-4-8-6-9(11(12,13)14)2-3-10(8)16/h2-6H,1H3,(H,15,17). The highest BCUT2D eigenvalue weighted by Gasteiger charge is 2.30. The van der Waals surface area contributed by atoms with Crippen LogP contribution in [0.4, 0.5) is 13.2 Å². The van der Waals surface area contributed by atoms with Gasteiger partial charge in [0.25, 0.3) is 0 Å². The molecule has 0 saturated heterocycles. The van der Waals surface area contributed by atoms with Crippen molar-refractivity contribution in [3.8, 4) is 0 Å². The molecule has 0 unspecified atom stereocenters. The first-order chi connectivity index (χ1) is 7.88. The summed E-state index contributed by atoms with van der Waals surface area (Å²) < 4.78 is 38.8. The van der Waals surface area contributed by atoms with E-state index in [9.17, 15) is 18.0 Å². The molecule has 1 amide bonds. The van der Waals surface area contributed by atoms with Crippen molar-refractivity contribution in [1.82, 2.24) is 4.68 Å². The molecule has 0 atom stereocenters. The molecule has 0 fully saturated rings. The molecule has 1 heterocycles. The van der Waals surface area contributed by atoms with E-state index in [-0.39, 0.29) is 5.91 Å². The number of rotatable bonds is 1. The quantitative estimate of drug-likeness (QED) is 0.819. The second-order valence-corrected chi connectivity index (χ2v) is 3.63. The maximum absolute atomic E-state index is 12.5. The predicted octanol–water partition coefficient (Wildman–Crippen LogP) is 2.75. The van der Waals surface area contributed by atoms with Crippen LogP contribution in [0.1, 0.15) is 12.5 Å². The van der Waals surface area contributed by atoms with Crippen LogP contribution in [0.5, 0.6) is 0 Å². The minimum absolute atomic E-state index is 0.289. The Morgan fingerprint density at radius 3 is 2.59 bits per heavy atom. The van der Waals surface area contributed by atoms with Gasteiger partial charge in [-0.3, -0.25) is 14.9 Å². The van der Waals surface area contributed by atoms with Crippen molar-refractivity contribution in [3.63, 3.8) is 0 Å². The molecule has 1 aromatic heterocycles. The van der Waals surface area contributed by atoms with E-state index in [1.807, 2.05) is 0 Å². The number of alkyl halides is 3. The first-order valence-corrected chi connectivity index (χ1v) is 4.84. The summed E-state index contributed by atoms with van der Waals surface area (Å²) in [4.78, 5) is 10.9. The zero-order valence-corrected chi connectivity index (χ0v) is 8.88. The van der Waals surface area contributed by atoms with Crippen molar-refractivity contribution in [2.45, 2.75) is 13.1 Å². The highest BCUT2D eigenvalue weighted by atomic mass is 19.4. The van der Waals surface area contributed by atoms with Crippen molar-refractivity contribution in [2.24, 2.45) is 0 Å². The van der Waals surface area contributed by atoms with Gasteiger partial charge >= 0.3 is 6.18 Å². The third-order valence-corrected chi connectivity index (χ3v) is 2.30. The average Bonchev–Trinajstić information content (AvgIpc) is 2.59. The summed E-state index contributed by atoms with van der Waals surface area (Å²) >= 11 is 0. The van der Waals surface area contributed by atoms with Crippen LogP contribution >= 0.6 is 0 Å². The number of hydrogen-bond acceptors (Lipinski definition) is 1. The number of carbonyl (C=O) groups is 1. The first-order valence-electron chi connectivity index (χ1n) is 4.84. The van der Waals surface area contributed by atoms with E-state index in [1.165, 1.54) is 29.9 Å². The fourth-order valence-electron chi connectivity index (χ4n) is 1.59. The molecule has 0 saturated carbocycles. The van der Waals surface area contributed by atoms with Crippen molar-refractivity contribution < 1.29 is 18.0 Å². The van der Waals surface area contributed by atoms with E-state index in [1.54, 1.807) is 0 Å². The molecule has 6 heteroatoms. The molecule has 0 bridgehead atoms. The molecular weight excluding hydrogens is 233 g/mol. The van der Waals surface area contributed by atoms with Gasteiger partial charge in [0.15, 0.2) is 0 Å². The number of hydrogen-bond donors (Lipinski definition) is 1. The molecule has 0 radical (unpaired) electrons. The number of carbonyl (C=O) groups excluding carboxylic acids is 1. The van der Waals surface area contributed by atoms with Gasteiger partial charge in [-0.05, 0) is 24.3 Å². The fourth-order valence-corrected chi connectivity index (χ4v) is 1.59. The molecule has 2 aromatic rings. The van der Waals surface area contributed by atoms with E-state index in [0.29, 0.717) is 10.9 Å². The summed E-state index contributed by atoms with van der Waals surface area (Å²) in [5.74, 6) is -0.289. The molecule has 3 nitrogen and oxygen atoms in total. The summed E-state index contributed by atoms with van der Waals surface area (Å²) in [5.41, 5.74) is 2.30. The van der Waals surface area contributed by atoms with Crippen LogP contribution in [0.2, 0.25) is 0 Å². The van der Waals surface area contributed by atoms with Gasteiger partial charge in [-0.2, -0.15) is 13.2 Å². The molecule has 2 rings (SSSR count). The molecule has 0 spiro atoms. The van der Waals surface area contributed by atoms with Crippen LogP contribution in [0, 0.1) is 0 Å². The number of benzene rings is 1. The number of nitrogens with one attached hydrogen (secondary N) is 1. The smallest absolute Gasteiger partial charge is 0.274 e. The molecule has 0 aliphatic carbocycles. The fraction of sp³-hybridized carbons (Fsp3) is 0.182. The highest BCUT2D eigenvalue weighted by Crippen LogP contribution is 2.31. The normalized spacial score (nSPS) is 11.8. The maximum Gasteiger partial charge on any atom is 0.416 e. The van der Waals surface area contributed by atoms with Crippen molar-refractivity contribution >= 4 is 16.8 Å². The lowest BCUT2D eigenvalue weighted by Crippen LogP contribution is -2.18. The van der Waals surface area contributed by atoms with Crippen LogP contribution < -0.4 is 5.43 Å². The van der Waals surface area contributed by atoms with Gasteiger partial charge < -0.3 is 0 Å². The lowest BCUT2D eigenvalue weighted by Gasteiger charge is -2.08. The van der Waals surface area contributed by atoms with E-state index < -0.39 is 11.7 Å². The van der Waals surface area contributed by atoms with Gasteiger partial charge in [-0.1, -0.05) is 0 Å². The summed E-state index contributed by atoms with van der Waals surface area (Å²) in [5, 5.41) is 0.425. The van der Waals surface area contributed by atoms with Crippen molar-refractivity contribution in [2.75, 3.05) is 5.43 Å². The van der Waals surface area contributed by atoms with Crippen LogP contribution in [0.3, 0.4) is 0 Å². The molecule has 17 heavy (non-hydrogen) atoms. The number of fused-ring (bicyclic) bond motifs is 1. The van der Waals surface area contributed by atoms with E-state index in [2.05, 4.69) is 5.43 Å². The lowest BCUT2D eigenvalue weighted by atomic mass is 10.1. The molecule has 0 aliphatic heterocycles. The van der Waals surface area contributed by atoms with E-state index >= 15 is 0 Å². The second-order valence-electron chi connectivity index (χ2n) is 3.63. The van der Waals surface area contributed by atoms with Crippen molar-refractivity contribution in [1.29, 1.82) is 0 Å². The maximum atomic E-state index is 12.5. The molecule has 90 valence electrons. The number of nitrogens with zero attached hydrogens (tertiary/aromatic N) is 1. The Morgan fingerprint density at radius 2 is 2.00 bits per heavy atom. The summed E-state index contributed by atoms with van der Waals surface area (Å²) in [6.07, 6.45) is -2.85. The number of halogens is 3. The molecule has 1 aromatic carbocycles. The lowest BCUT2D eigenvalue weighted by molar-refractivity contribution is -0.137. The third-order valence-electron chi connectivity index (χ3n) is 2.30. The van der Waals surface area contributed by atoms with Crippen LogP contribution in [-0.2, 0) is 11.0 Å². The minimum atomic E-state index is -4.36. The van der Waals surface area contributed by atoms with Gasteiger partial charge in [-0.25, -0.2) is 0 Å². The molecule has 0 aliphatic rings. The molecule has 1 N–H and O–H groups in total. The van der Waals surface area contributed by atoms with Crippen LogP contribution in [-0.4, -0.2) is 10.6 Å². The zero-order chi connectivity index (χ0) is 12.6. The van der Waals surface area contributed by atoms with Gasteiger partial charge in [0.2, 0.25) is 5.91 Å². The topological polar surface area (TPSA) is 34.0 Å². The second kappa shape index (κ2) is 3.80. The minimum Gasteiger partial charge on any atom is -0.274 e. The SMILES string of the molecule is CC(=O)Nn1ccc2cc(C(F)(F)F)ccc21. The monoisotopic (exact) mass is 242 g/mol. The number of aromatic nitrogens is 1. The summed E-state index contributed by atoms with van der Waals surface area (Å²) in [6.45, 7) is 1.33. The van der Waals surface area contributed by atoms with Gasteiger partial charge in [-0.15, -0.1) is 0 Å². The van der Waals surface area contributed by atoms with Crippen molar-refractivity contribution in [3.05, 3.63) is 36.0 Å². The van der Waals surface area contributed by atoms with E-state index in [4.69, 9.17) is 0 Å². The van der Waals surface area contributed by atoms with E-state index in [0.717, 1.165) is 12.1 Å². The van der Waals surface area contributed by atoms with Crippen LogP contribution in [0.15, 0.2) is 30.5 Å². The van der Waals surface area contributed by atoms with Gasteiger partial charge in [0, 0.05) is 18.5 Å². The Labute approximate surface area is 94.8 Å². The number of amides is 1. The average molecular weight is 242 g/mol. The highest BCUT2D eigenvalue weighted by molar-refractivity contribution is 5.86. The Bertz CT molecular complexity index is 572. The Morgan fingerprint density at radius 1 is 1.29 bits per heavy atom. The van der Waals surface area contributed by atoms with Gasteiger partial charge in [0.05, 0.1) is 11.1 Å². The zero-order valence-electron chi connectivity index (χ0n) is 8.88. The summed E-state index contributed by atoms with van der Waals surface area (Å²) in [6, 6.07) is 4.88. The Balaban J connectivity index is 2.48. The Hall–Kier alpha value is -1.98.